The minimum atomic E-state index is -1.68. The van der Waals surface area contributed by atoms with Crippen LogP contribution in [0.2, 0.25) is 0 Å². The van der Waals surface area contributed by atoms with E-state index in [0.717, 1.165) is 17.3 Å². The lowest BCUT2D eigenvalue weighted by atomic mass is 10.3. The van der Waals surface area contributed by atoms with E-state index in [1.165, 1.54) is 0 Å². The van der Waals surface area contributed by atoms with Gasteiger partial charge in [0.05, 0.1) is 0 Å². The Hall–Kier alpha value is -1.29. The SMILES string of the molecule is CC(C)=CCOC(=O)C(F)Sc1ccccc1. The zero-order valence-electron chi connectivity index (χ0n) is 9.85. The second-order valence-electron chi connectivity index (χ2n) is 3.66. The Morgan fingerprint density at radius 1 is 1.41 bits per heavy atom. The van der Waals surface area contributed by atoms with Crippen LogP contribution in [0.3, 0.4) is 0 Å². The number of ether oxygens (including phenoxy) is 1. The van der Waals surface area contributed by atoms with Crippen molar-refractivity contribution in [1.82, 2.24) is 0 Å². The third-order valence-electron chi connectivity index (χ3n) is 1.89. The van der Waals surface area contributed by atoms with Crippen molar-refractivity contribution < 1.29 is 13.9 Å². The highest BCUT2D eigenvalue weighted by molar-refractivity contribution is 8.00. The van der Waals surface area contributed by atoms with Crippen LogP contribution in [0, 0.1) is 0 Å². The second kappa shape index (κ2) is 7.12. The summed E-state index contributed by atoms with van der Waals surface area (Å²) in [5.74, 6) is -0.837. The molecular weight excluding hydrogens is 239 g/mol. The average Bonchev–Trinajstić information content (AvgIpc) is 2.29. The van der Waals surface area contributed by atoms with Crippen LogP contribution in [-0.4, -0.2) is 18.1 Å². The van der Waals surface area contributed by atoms with Crippen molar-refractivity contribution >= 4 is 17.7 Å². The molecule has 1 unspecified atom stereocenters. The molecule has 1 atom stereocenters. The molecule has 0 saturated carbocycles. The van der Waals surface area contributed by atoms with E-state index >= 15 is 0 Å². The van der Waals surface area contributed by atoms with E-state index in [2.05, 4.69) is 0 Å². The Labute approximate surface area is 105 Å². The fourth-order valence-electron chi connectivity index (χ4n) is 1.02. The Bertz CT molecular complexity index is 386. The smallest absolute Gasteiger partial charge is 0.352 e. The first kappa shape index (κ1) is 13.8. The summed E-state index contributed by atoms with van der Waals surface area (Å²) in [5, 5.41) is 0. The van der Waals surface area contributed by atoms with Gasteiger partial charge >= 0.3 is 5.97 Å². The molecule has 0 fully saturated rings. The third-order valence-corrected chi connectivity index (χ3v) is 2.83. The maximum Gasteiger partial charge on any atom is 0.352 e. The molecule has 2 nitrogen and oxygen atoms in total. The quantitative estimate of drug-likeness (QED) is 0.456. The molecule has 0 aliphatic rings. The maximum atomic E-state index is 13.5. The highest BCUT2D eigenvalue weighted by Crippen LogP contribution is 2.24. The predicted molar refractivity (Wildman–Crippen MR) is 67.6 cm³/mol. The summed E-state index contributed by atoms with van der Waals surface area (Å²) in [6.45, 7) is 3.90. The van der Waals surface area contributed by atoms with Gasteiger partial charge in [0.2, 0.25) is 5.50 Å². The number of benzene rings is 1. The molecule has 1 aromatic rings. The number of carbonyl (C=O) groups excluding carboxylic acids is 1. The first-order valence-electron chi connectivity index (χ1n) is 5.25. The van der Waals surface area contributed by atoms with Crippen molar-refractivity contribution in [1.29, 1.82) is 0 Å². The molecule has 0 saturated heterocycles. The van der Waals surface area contributed by atoms with Gasteiger partial charge in [-0.2, -0.15) is 0 Å². The molecule has 17 heavy (non-hydrogen) atoms. The van der Waals surface area contributed by atoms with E-state index in [1.54, 1.807) is 30.3 Å². The zero-order valence-corrected chi connectivity index (χ0v) is 10.7. The van der Waals surface area contributed by atoms with Gasteiger partial charge < -0.3 is 4.74 Å². The second-order valence-corrected chi connectivity index (χ2v) is 4.78. The summed E-state index contributed by atoms with van der Waals surface area (Å²) in [5.41, 5.74) is -0.646. The highest BCUT2D eigenvalue weighted by Gasteiger charge is 2.19. The fraction of sp³-hybridized carbons (Fsp3) is 0.308. The Balaban J connectivity index is 2.40. The molecule has 0 N–H and O–H groups in total. The molecule has 0 bridgehead atoms. The number of thioether (sulfide) groups is 1. The number of rotatable bonds is 5. The third kappa shape index (κ3) is 5.54. The molecule has 92 valence electrons. The van der Waals surface area contributed by atoms with Crippen LogP contribution in [-0.2, 0) is 9.53 Å². The first-order valence-corrected chi connectivity index (χ1v) is 6.13. The van der Waals surface area contributed by atoms with Gasteiger partial charge in [-0.1, -0.05) is 35.5 Å². The van der Waals surface area contributed by atoms with Crippen molar-refractivity contribution in [2.45, 2.75) is 24.2 Å². The van der Waals surface area contributed by atoms with Crippen LogP contribution < -0.4 is 0 Å². The summed E-state index contributed by atoms with van der Waals surface area (Å²) in [7, 11) is 0. The van der Waals surface area contributed by atoms with Crippen LogP contribution in [0.25, 0.3) is 0 Å². The van der Waals surface area contributed by atoms with Gasteiger partial charge in [0, 0.05) is 4.90 Å². The van der Waals surface area contributed by atoms with E-state index < -0.39 is 11.5 Å². The zero-order chi connectivity index (χ0) is 12.7. The molecule has 1 rings (SSSR count). The minimum absolute atomic E-state index is 0.122. The van der Waals surface area contributed by atoms with E-state index in [9.17, 15) is 9.18 Å². The lowest BCUT2D eigenvalue weighted by Crippen LogP contribution is -2.15. The molecule has 0 aliphatic heterocycles. The molecular formula is C13H15FO2S. The van der Waals surface area contributed by atoms with Crippen molar-refractivity contribution in [2.75, 3.05) is 6.61 Å². The van der Waals surface area contributed by atoms with Crippen molar-refractivity contribution in [3.8, 4) is 0 Å². The number of hydrogen-bond acceptors (Lipinski definition) is 3. The number of allylic oxidation sites excluding steroid dienone is 1. The molecule has 0 aliphatic carbocycles. The number of esters is 1. The lowest BCUT2D eigenvalue weighted by Gasteiger charge is -2.07. The van der Waals surface area contributed by atoms with Gasteiger partial charge in [0.25, 0.3) is 0 Å². The van der Waals surface area contributed by atoms with E-state index in [0.29, 0.717) is 4.90 Å². The fourth-order valence-corrected chi connectivity index (χ4v) is 1.74. The molecule has 0 heterocycles. The largest absolute Gasteiger partial charge is 0.459 e. The molecule has 0 aromatic heterocycles. The molecule has 0 spiro atoms. The predicted octanol–water partition coefficient (Wildman–Crippen LogP) is 3.58. The summed E-state index contributed by atoms with van der Waals surface area (Å²) < 4.78 is 18.3. The number of carbonyl (C=O) groups is 1. The highest BCUT2D eigenvalue weighted by atomic mass is 32.2. The van der Waals surface area contributed by atoms with Crippen LogP contribution in [0.4, 0.5) is 4.39 Å². The lowest BCUT2D eigenvalue weighted by molar-refractivity contribution is -0.144. The van der Waals surface area contributed by atoms with Crippen molar-refractivity contribution in [2.24, 2.45) is 0 Å². The van der Waals surface area contributed by atoms with E-state index in [1.807, 2.05) is 19.9 Å². The first-order chi connectivity index (χ1) is 8.09. The van der Waals surface area contributed by atoms with Crippen molar-refractivity contribution in [3.05, 3.63) is 42.0 Å². The summed E-state index contributed by atoms with van der Waals surface area (Å²) in [4.78, 5) is 12.0. The maximum absolute atomic E-state index is 13.5. The summed E-state index contributed by atoms with van der Waals surface area (Å²) in [6.07, 6.45) is 1.73. The molecule has 1 aromatic carbocycles. The number of alkyl halides is 1. The normalized spacial score (nSPS) is 11.7. The van der Waals surface area contributed by atoms with Gasteiger partial charge in [-0.15, -0.1) is 0 Å². The number of hydrogen-bond donors (Lipinski definition) is 0. The molecule has 0 radical (unpaired) electrons. The van der Waals surface area contributed by atoms with Gasteiger partial charge in [-0.3, -0.25) is 0 Å². The monoisotopic (exact) mass is 254 g/mol. The van der Waals surface area contributed by atoms with Crippen LogP contribution >= 0.6 is 11.8 Å². The summed E-state index contributed by atoms with van der Waals surface area (Å²) in [6, 6.07) is 8.93. The molecule has 0 amide bonds. The Kier molecular flexibility index (Phi) is 5.77. The molecule has 4 heteroatoms. The van der Waals surface area contributed by atoms with E-state index in [-0.39, 0.29) is 6.61 Å². The van der Waals surface area contributed by atoms with Crippen molar-refractivity contribution in [3.63, 3.8) is 0 Å². The van der Waals surface area contributed by atoms with Gasteiger partial charge in [0.1, 0.15) is 6.61 Å². The minimum Gasteiger partial charge on any atom is -0.459 e. The van der Waals surface area contributed by atoms with Crippen LogP contribution in [0.5, 0.6) is 0 Å². The summed E-state index contributed by atoms with van der Waals surface area (Å²) >= 11 is 0.849. The standard InChI is InChI=1S/C13H15FO2S/c1-10(2)8-9-16-13(15)12(14)17-11-6-4-3-5-7-11/h3-8,12H,9H2,1-2H3. The average molecular weight is 254 g/mol. The number of halogens is 1. The topological polar surface area (TPSA) is 26.3 Å². The van der Waals surface area contributed by atoms with Gasteiger partial charge in [0.15, 0.2) is 0 Å². The van der Waals surface area contributed by atoms with Gasteiger partial charge in [-0.05, 0) is 32.1 Å². The Morgan fingerprint density at radius 3 is 2.65 bits per heavy atom. The van der Waals surface area contributed by atoms with Gasteiger partial charge in [-0.25, -0.2) is 9.18 Å². The Morgan fingerprint density at radius 2 is 2.06 bits per heavy atom. The van der Waals surface area contributed by atoms with Crippen LogP contribution in [0.15, 0.2) is 46.9 Å². The van der Waals surface area contributed by atoms with Crippen LogP contribution in [0.1, 0.15) is 13.8 Å². The van der Waals surface area contributed by atoms with E-state index in [4.69, 9.17) is 4.74 Å².